The van der Waals surface area contributed by atoms with Crippen molar-refractivity contribution in [3.63, 3.8) is 0 Å². The van der Waals surface area contributed by atoms with Gasteiger partial charge in [0.15, 0.2) is 11.7 Å². The number of Topliss-reactive ketones (excluding diaryl/α,β-unsaturated/α-hetero) is 1. The fourth-order valence-electron chi connectivity index (χ4n) is 10.9. The maximum Gasteiger partial charge on any atom is 0.326 e. The molecule has 0 fully saturated rings. The number of aryl methyl sites for hydroxylation is 1. The Morgan fingerprint density at radius 2 is 0.720 bits per heavy atom. The summed E-state index contributed by atoms with van der Waals surface area (Å²) in [6, 6.07) is -0.385. The molecule has 4 aromatic rings. The highest BCUT2D eigenvalue weighted by Crippen LogP contribution is 2.33. The first-order valence-electron chi connectivity index (χ1n) is 34.9. The second-order valence-corrected chi connectivity index (χ2v) is 25.9. The molecule has 0 radical (unpaired) electrons. The number of benzene rings is 3. The predicted molar refractivity (Wildman–Crippen MR) is 416 cm³/mol. The summed E-state index contributed by atoms with van der Waals surface area (Å²) in [6.45, 7) is 1.77. The summed E-state index contributed by atoms with van der Waals surface area (Å²) in [7, 11) is 0. The Balaban J connectivity index is 0.0000232. The summed E-state index contributed by atoms with van der Waals surface area (Å²) in [5.74, 6) is -31.3. The van der Waals surface area contributed by atoms with Crippen LogP contribution in [0.15, 0.2) is 60.7 Å². The van der Waals surface area contributed by atoms with Crippen molar-refractivity contribution in [3.8, 4) is 11.1 Å². The van der Waals surface area contributed by atoms with Crippen LogP contribution in [0.5, 0.6) is 0 Å². The normalized spacial score (nSPS) is 12.9. The predicted octanol–water partition coefficient (Wildman–Crippen LogP) is -1.61. The molecule has 0 aliphatic rings. The molecule has 0 aliphatic heterocycles. The van der Waals surface area contributed by atoms with Crippen LogP contribution in [0.25, 0.3) is 22.0 Å². The lowest BCUT2D eigenvalue weighted by Gasteiger charge is -2.19. The van der Waals surface area contributed by atoms with E-state index >= 15 is 0 Å². The Bertz CT molecular complexity index is 4370. The van der Waals surface area contributed by atoms with Crippen molar-refractivity contribution < 1.29 is 156 Å². The average molecular weight is 1720 g/mol. The Morgan fingerprint density at radius 1 is 0.390 bits per heavy atom. The Labute approximate surface area is 687 Å². The SMILES string of the molecule is Cc1ccc(F)c(CC(=O)Nc2ccc(-c3cccc4[nH]nc(NC(=O)C[C@H](N)C(=O)N[C@@H](CCC(=O)N[C@@H](CCC(=O)N[C@@H](CCC(=O)N[C@@H](CCC(=O)N[C@@H](CCC(=O)N[C@@H](CCC(=O)N[C@@H](CCC(=O)N[C@@H](CCC(=O)CC(C(=O)O)C(=O)O)C(=O)O)C(=O)O)C(=O)O)C(=O)O)C(=O)O)C(=O)O)C(=O)O)C(=O)O)c34)cc2)c1.S.S.S. The quantitative estimate of drug-likeness (QED) is 0.0221. The van der Waals surface area contributed by atoms with Crippen molar-refractivity contribution in [2.45, 2.75) is 183 Å². The van der Waals surface area contributed by atoms with E-state index in [1.54, 1.807) is 61.5 Å². The first-order chi connectivity index (χ1) is 54.0. The number of aliphatic carboxylic acids is 10. The lowest BCUT2D eigenvalue weighted by atomic mass is 9.98. The zero-order valence-corrected chi connectivity index (χ0v) is 65.4. The van der Waals surface area contributed by atoms with Crippen molar-refractivity contribution >= 4 is 187 Å². The Morgan fingerprint density at radius 3 is 1.05 bits per heavy atom. The fraction of sp³-hybridized carbons (Fsp3) is 0.429. The number of aromatic nitrogens is 2. The molecule has 44 nitrogen and oxygen atoms in total. The van der Waals surface area contributed by atoms with Gasteiger partial charge in [-0.05, 0) is 99.2 Å². The van der Waals surface area contributed by atoms with Gasteiger partial charge in [-0.1, -0.05) is 42.0 Å². The molecule has 646 valence electrons. The van der Waals surface area contributed by atoms with Crippen molar-refractivity contribution in [2.75, 3.05) is 10.6 Å². The van der Waals surface area contributed by atoms with Gasteiger partial charge in [0.2, 0.25) is 59.1 Å². The fourth-order valence-corrected chi connectivity index (χ4v) is 10.9. The van der Waals surface area contributed by atoms with Gasteiger partial charge in [0.25, 0.3) is 0 Å². The summed E-state index contributed by atoms with van der Waals surface area (Å²) >= 11 is 0. The number of fused-ring (bicyclic) bond motifs is 1. The van der Waals surface area contributed by atoms with Gasteiger partial charge in [0.1, 0.15) is 59.9 Å². The van der Waals surface area contributed by atoms with Gasteiger partial charge in [0.05, 0.1) is 29.8 Å². The van der Waals surface area contributed by atoms with E-state index in [0.29, 0.717) is 27.7 Å². The molecule has 0 unspecified atom stereocenters. The smallest absolute Gasteiger partial charge is 0.326 e. The van der Waals surface area contributed by atoms with E-state index in [1.807, 2.05) is 31.9 Å². The van der Waals surface area contributed by atoms with Crippen LogP contribution in [-0.4, -0.2) is 240 Å². The lowest BCUT2D eigenvalue weighted by molar-refractivity contribution is -0.156. The highest BCUT2D eigenvalue weighted by molar-refractivity contribution is 7.59. The molecular weight excluding hydrogens is 1630 g/mol. The van der Waals surface area contributed by atoms with Crippen LogP contribution < -0.4 is 58.9 Å². The van der Waals surface area contributed by atoms with E-state index in [2.05, 4.69) is 31.5 Å². The number of carboxylic acid groups (broad SMARTS) is 10. The molecule has 0 saturated carbocycles. The van der Waals surface area contributed by atoms with Crippen molar-refractivity contribution in [2.24, 2.45) is 11.7 Å². The summed E-state index contributed by atoms with van der Waals surface area (Å²) < 4.78 is 14.3. The molecule has 0 aliphatic carbocycles. The van der Waals surface area contributed by atoms with Crippen LogP contribution in [0.1, 0.15) is 127 Å². The van der Waals surface area contributed by atoms with Crippen molar-refractivity contribution in [3.05, 3.63) is 77.6 Å². The topological polar surface area (TPSA) is 736 Å². The number of carbonyl (C=O) groups is 21. The van der Waals surface area contributed by atoms with Gasteiger partial charge >= 0.3 is 59.7 Å². The molecule has 1 aromatic heterocycles. The highest BCUT2D eigenvalue weighted by Gasteiger charge is 2.34. The standard InChI is InChI=1S/C70H84FN13O31.3H2S/c1-31-5-11-38(71)33(27-31)28-56(93)73-34-8-6-32(7-9-34)36-3-2-4-40-58(36)59(84-83-40)82-57(94)30-39(72)60(95)81-48(70(114)115)19-26-55(92)80-47(69(112)113)18-25-54(91)79-46(68(110)111)17-24-53(90)78-45(67(108)109)16-23-52(89)77-44(66(106)107)15-22-51(88)76-43(65(104)105)14-21-50(87)75-42(64(102)103)13-20-49(86)74-41(63(100)101)12-10-35(85)29-37(61(96)97)62(98)99;;;/h2-9,11,27,37,39,41-48H,10,12-26,28-30,72H2,1H3,(H,73,93)(H,74,86)(H,75,87)(H,76,88)(H,77,89)(H,78,90)(H,79,91)(H,80,92)(H,81,95)(H,96,97)(H,98,99)(H,100,101)(H,102,103)(H,104,105)(H,106,107)(H,108,109)(H,110,111)(H,112,113)(H,114,115)(H2,82,83,84,94);3*1H2/t39-,41-,42-,43-,44-,45-,46-,47-,48-;;;/m0.../s1. The van der Waals surface area contributed by atoms with Gasteiger partial charge in [-0.3, -0.25) is 67.4 Å². The maximum absolute atomic E-state index is 14.3. The van der Waals surface area contributed by atoms with Crippen LogP contribution in [0.4, 0.5) is 15.9 Å². The van der Waals surface area contributed by atoms with E-state index in [0.717, 1.165) is 5.56 Å². The Kier molecular flexibility index (Phi) is 44.1. The largest absolute Gasteiger partial charge is 0.481 e. The molecular formula is C70H90FN13O31S3. The number of nitrogens with one attached hydrogen (secondary N) is 11. The zero-order chi connectivity index (χ0) is 86.1. The lowest BCUT2D eigenvalue weighted by Crippen LogP contribution is -2.50. The monoisotopic (exact) mass is 1720 g/mol. The molecule has 1 heterocycles. The number of carboxylic acids is 10. The number of carbonyl (C=O) groups excluding carboxylic acids is 11. The minimum atomic E-state index is -2.12. The summed E-state index contributed by atoms with van der Waals surface area (Å²) in [5.41, 5.74) is 9.07. The van der Waals surface area contributed by atoms with Gasteiger partial charge in [0, 0.05) is 63.5 Å². The molecule has 118 heavy (non-hydrogen) atoms. The number of H-pyrrole nitrogens is 1. The third-order valence-corrected chi connectivity index (χ3v) is 17.0. The summed E-state index contributed by atoms with van der Waals surface area (Å²) in [6.07, 6.45) is -13.6. The number of ketones is 1. The van der Waals surface area contributed by atoms with E-state index in [9.17, 15) is 146 Å². The van der Waals surface area contributed by atoms with E-state index < -0.39 is 306 Å². The summed E-state index contributed by atoms with van der Waals surface area (Å²) in [5, 5.41) is 125. The van der Waals surface area contributed by atoms with E-state index in [4.69, 9.17) is 15.9 Å². The van der Waals surface area contributed by atoms with Crippen LogP contribution in [0.3, 0.4) is 0 Å². The number of amides is 10. The third-order valence-electron chi connectivity index (χ3n) is 17.0. The van der Waals surface area contributed by atoms with Gasteiger partial charge < -0.3 is 110 Å². The molecule has 0 bridgehead atoms. The van der Waals surface area contributed by atoms with Crippen molar-refractivity contribution in [1.82, 2.24) is 52.7 Å². The molecule has 3 aromatic carbocycles. The molecule has 0 saturated heterocycles. The van der Waals surface area contributed by atoms with E-state index in [-0.39, 0.29) is 58.3 Å². The molecule has 23 N–H and O–H groups in total. The zero-order valence-electron chi connectivity index (χ0n) is 62.4. The molecule has 4 rings (SSSR count). The number of hydrogen-bond acceptors (Lipinski definition) is 23. The summed E-state index contributed by atoms with van der Waals surface area (Å²) in [4.78, 5) is 259. The number of rotatable bonds is 52. The average Bonchev–Trinajstić information content (AvgIpc) is 1.65. The first kappa shape index (κ1) is 103. The Hall–Kier alpha value is -12.9. The molecule has 48 heteroatoms. The van der Waals surface area contributed by atoms with Gasteiger partial charge in [-0.15, -0.1) is 0 Å². The maximum atomic E-state index is 14.3. The second-order valence-electron chi connectivity index (χ2n) is 25.9. The number of hydrogen-bond donors (Lipinski definition) is 22. The minimum absolute atomic E-state index is 0. The van der Waals surface area contributed by atoms with Crippen LogP contribution in [-0.2, 0) is 107 Å². The van der Waals surface area contributed by atoms with Gasteiger partial charge in [-0.25, -0.2) is 42.7 Å². The number of nitrogens with zero attached hydrogens (tertiary/aromatic N) is 1. The number of nitrogens with two attached hydrogens (primary N) is 1. The van der Waals surface area contributed by atoms with Crippen LogP contribution in [0, 0.1) is 18.7 Å². The number of aromatic amines is 1. The second kappa shape index (κ2) is 50.5. The van der Waals surface area contributed by atoms with E-state index in [1.165, 1.54) is 6.07 Å². The molecule has 0 spiro atoms. The third kappa shape index (κ3) is 35.9. The van der Waals surface area contributed by atoms with Gasteiger partial charge in [-0.2, -0.15) is 45.6 Å². The number of halogens is 1. The minimum Gasteiger partial charge on any atom is -0.481 e. The van der Waals surface area contributed by atoms with Crippen molar-refractivity contribution in [1.29, 1.82) is 0 Å². The molecule has 10 amide bonds. The highest BCUT2D eigenvalue weighted by atomic mass is 32.1. The van der Waals surface area contributed by atoms with Crippen LogP contribution in [0.2, 0.25) is 0 Å². The van der Waals surface area contributed by atoms with Crippen LogP contribution >= 0.6 is 40.5 Å². The number of anilines is 2. The first-order valence-corrected chi connectivity index (χ1v) is 34.9. The molecule has 9 atom stereocenters.